The highest BCUT2D eigenvalue weighted by Crippen LogP contribution is 2.37. The number of halogens is 2. The number of sulfonamides is 1. The maximum atomic E-state index is 13.3. The number of benzene rings is 2. The second kappa shape index (κ2) is 9.17. The van der Waals surface area contributed by atoms with Gasteiger partial charge in [0.1, 0.15) is 5.82 Å². The monoisotopic (exact) mass is 500 g/mol. The molecule has 0 unspecified atom stereocenters. The largest absolute Gasteiger partial charge is 0.353 e. The molecule has 4 aromatic rings. The van der Waals surface area contributed by atoms with Crippen molar-refractivity contribution in [3.05, 3.63) is 77.5 Å². The van der Waals surface area contributed by atoms with E-state index in [4.69, 9.17) is 11.6 Å². The molecular weight excluding hydrogens is 475 g/mol. The van der Waals surface area contributed by atoms with Crippen LogP contribution in [0.4, 0.5) is 4.39 Å². The summed E-state index contributed by atoms with van der Waals surface area (Å²) >= 11 is 6.70. The first-order valence-corrected chi connectivity index (χ1v) is 13.3. The van der Waals surface area contributed by atoms with Crippen molar-refractivity contribution in [1.29, 1.82) is 0 Å². The van der Waals surface area contributed by atoms with Crippen LogP contribution in [0.1, 0.15) is 37.7 Å². The molecule has 3 heterocycles. The van der Waals surface area contributed by atoms with Gasteiger partial charge in [0, 0.05) is 42.4 Å². The quantitative estimate of drug-likeness (QED) is 0.346. The van der Waals surface area contributed by atoms with Crippen LogP contribution in [0.15, 0.2) is 66.0 Å². The molecule has 1 fully saturated rings. The van der Waals surface area contributed by atoms with Gasteiger partial charge in [-0.25, -0.2) is 17.5 Å². The molecule has 0 N–H and O–H groups in total. The summed E-state index contributed by atoms with van der Waals surface area (Å²) in [6.45, 7) is 3.77. The van der Waals surface area contributed by atoms with E-state index in [2.05, 4.69) is 12.0 Å². The summed E-state index contributed by atoms with van der Waals surface area (Å²) in [5.74, 6) is -0.130. The molecule has 0 bridgehead atoms. The van der Waals surface area contributed by atoms with Gasteiger partial charge in [-0.3, -0.25) is 0 Å². The maximum absolute atomic E-state index is 13.3. The summed E-state index contributed by atoms with van der Waals surface area (Å²) < 4.78 is 44.7. The molecule has 1 aliphatic heterocycles. The molecule has 9 heteroatoms. The van der Waals surface area contributed by atoms with Gasteiger partial charge in [0.25, 0.3) is 0 Å². The van der Waals surface area contributed by atoms with E-state index in [1.807, 2.05) is 22.9 Å². The fourth-order valence-corrected chi connectivity index (χ4v) is 6.50. The molecule has 2 aromatic heterocycles. The Hall–Kier alpha value is -2.68. The SMILES string of the molecule is CCCn1ccc(S(=O)(=O)N2CCC(c3cc4cnn(-c5ccc(F)cc5)c4cc3Cl)CC2)c1. The van der Waals surface area contributed by atoms with Crippen LogP contribution in [-0.2, 0) is 16.6 Å². The molecule has 6 nitrogen and oxygen atoms in total. The number of aromatic nitrogens is 3. The Balaban J connectivity index is 1.34. The zero-order valence-electron chi connectivity index (χ0n) is 18.9. The standard InChI is InChI=1S/C25H26ClFN4O2S/c1-2-10-29-11-9-22(17-29)34(32,33)30-12-7-18(8-13-30)23-14-19-16-28-31(25(19)15-24(23)26)21-5-3-20(27)4-6-21/h3-6,9,11,14-18H,2,7-8,10,12-13H2,1H3. The molecule has 0 atom stereocenters. The molecule has 0 spiro atoms. The third kappa shape index (κ3) is 4.26. The van der Waals surface area contributed by atoms with Gasteiger partial charge < -0.3 is 4.57 Å². The fourth-order valence-electron chi connectivity index (χ4n) is 4.69. The molecule has 0 aliphatic carbocycles. The van der Waals surface area contributed by atoms with E-state index in [0.29, 0.717) is 35.8 Å². The first-order chi connectivity index (χ1) is 16.4. The Morgan fingerprint density at radius 3 is 2.56 bits per heavy atom. The van der Waals surface area contributed by atoms with Gasteiger partial charge in [-0.05, 0) is 73.2 Å². The average molecular weight is 501 g/mol. The van der Waals surface area contributed by atoms with Gasteiger partial charge >= 0.3 is 0 Å². The normalized spacial score (nSPS) is 15.9. The van der Waals surface area contributed by atoms with Crippen LogP contribution in [0.25, 0.3) is 16.6 Å². The number of fused-ring (bicyclic) bond motifs is 1. The molecule has 2 aromatic carbocycles. The number of hydrogen-bond acceptors (Lipinski definition) is 3. The van der Waals surface area contributed by atoms with Crippen molar-refractivity contribution >= 4 is 32.5 Å². The Kier molecular flexibility index (Phi) is 6.22. The summed E-state index contributed by atoms with van der Waals surface area (Å²) in [7, 11) is -3.50. The molecular formula is C25H26ClFN4O2S. The predicted molar refractivity (Wildman–Crippen MR) is 131 cm³/mol. The topological polar surface area (TPSA) is 60.1 Å². The second-order valence-electron chi connectivity index (χ2n) is 8.73. The molecule has 0 saturated carbocycles. The van der Waals surface area contributed by atoms with Gasteiger partial charge in [0.2, 0.25) is 10.0 Å². The van der Waals surface area contributed by atoms with E-state index in [9.17, 15) is 12.8 Å². The predicted octanol–water partition coefficient (Wildman–Crippen LogP) is 5.60. The smallest absolute Gasteiger partial charge is 0.244 e. The van der Waals surface area contributed by atoms with Crippen LogP contribution in [0.3, 0.4) is 0 Å². The third-order valence-corrected chi connectivity index (χ3v) is 8.70. The lowest BCUT2D eigenvalue weighted by Crippen LogP contribution is -2.37. The number of nitrogens with zero attached hydrogens (tertiary/aromatic N) is 4. The summed E-state index contributed by atoms with van der Waals surface area (Å²) in [6, 6.07) is 11.8. The van der Waals surface area contributed by atoms with E-state index in [1.54, 1.807) is 39.6 Å². The summed E-state index contributed by atoms with van der Waals surface area (Å²) in [5.41, 5.74) is 2.61. The molecule has 1 aliphatic rings. The Morgan fingerprint density at radius 2 is 1.85 bits per heavy atom. The van der Waals surface area contributed by atoms with Crippen LogP contribution < -0.4 is 0 Å². The number of hydrogen-bond donors (Lipinski definition) is 0. The van der Waals surface area contributed by atoms with E-state index >= 15 is 0 Å². The van der Waals surface area contributed by atoms with Crippen molar-refractivity contribution in [2.45, 2.75) is 43.5 Å². The second-order valence-corrected chi connectivity index (χ2v) is 11.1. The number of piperidine rings is 1. The van der Waals surface area contributed by atoms with E-state index in [0.717, 1.165) is 35.1 Å². The highest BCUT2D eigenvalue weighted by Gasteiger charge is 2.31. The Labute approximate surface area is 203 Å². The number of rotatable bonds is 6. The molecule has 34 heavy (non-hydrogen) atoms. The van der Waals surface area contributed by atoms with Crippen molar-refractivity contribution in [2.24, 2.45) is 0 Å². The van der Waals surface area contributed by atoms with Crippen molar-refractivity contribution in [3.8, 4) is 5.69 Å². The van der Waals surface area contributed by atoms with Crippen molar-refractivity contribution < 1.29 is 12.8 Å². The van der Waals surface area contributed by atoms with Gasteiger partial charge in [0.05, 0.1) is 22.3 Å². The molecule has 1 saturated heterocycles. The molecule has 0 radical (unpaired) electrons. The van der Waals surface area contributed by atoms with Gasteiger partial charge in [-0.15, -0.1) is 0 Å². The zero-order valence-corrected chi connectivity index (χ0v) is 20.4. The minimum Gasteiger partial charge on any atom is -0.353 e. The Bertz CT molecular complexity index is 1420. The summed E-state index contributed by atoms with van der Waals surface area (Å²) in [5, 5.41) is 6.04. The highest BCUT2D eigenvalue weighted by atomic mass is 35.5. The maximum Gasteiger partial charge on any atom is 0.244 e. The van der Waals surface area contributed by atoms with Crippen LogP contribution in [0.2, 0.25) is 5.02 Å². The van der Waals surface area contributed by atoms with Crippen LogP contribution in [0, 0.1) is 5.82 Å². The lowest BCUT2D eigenvalue weighted by molar-refractivity contribution is 0.319. The minimum absolute atomic E-state index is 0.169. The Morgan fingerprint density at radius 1 is 1.12 bits per heavy atom. The first-order valence-electron chi connectivity index (χ1n) is 11.5. The highest BCUT2D eigenvalue weighted by molar-refractivity contribution is 7.89. The summed E-state index contributed by atoms with van der Waals surface area (Å²) in [6.07, 6.45) is 7.67. The molecule has 0 amide bonds. The van der Waals surface area contributed by atoms with E-state index < -0.39 is 10.0 Å². The zero-order chi connectivity index (χ0) is 23.9. The van der Waals surface area contributed by atoms with Crippen molar-refractivity contribution in [2.75, 3.05) is 13.1 Å². The van der Waals surface area contributed by atoms with Gasteiger partial charge in [0.15, 0.2) is 0 Å². The van der Waals surface area contributed by atoms with Crippen LogP contribution >= 0.6 is 11.6 Å². The number of aryl methyl sites for hydroxylation is 1. The van der Waals surface area contributed by atoms with Gasteiger partial charge in [-0.1, -0.05) is 18.5 Å². The van der Waals surface area contributed by atoms with E-state index in [-0.39, 0.29) is 11.7 Å². The van der Waals surface area contributed by atoms with Gasteiger partial charge in [-0.2, -0.15) is 9.40 Å². The van der Waals surface area contributed by atoms with Crippen LogP contribution in [0.5, 0.6) is 0 Å². The first kappa shape index (κ1) is 23.1. The van der Waals surface area contributed by atoms with Crippen molar-refractivity contribution in [3.63, 3.8) is 0 Å². The minimum atomic E-state index is -3.50. The lowest BCUT2D eigenvalue weighted by Gasteiger charge is -2.31. The summed E-state index contributed by atoms with van der Waals surface area (Å²) in [4.78, 5) is 0.354. The van der Waals surface area contributed by atoms with Crippen molar-refractivity contribution in [1.82, 2.24) is 18.7 Å². The lowest BCUT2D eigenvalue weighted by atomic mass is 9.89. The third-order valence-electron chi connectivity index (χ3n) is 6.49. The average Bonchev–Trinajstić information content (AvgIpc) is 3.47. The van der Waals surface area contributed by atoms with Crippen LogP contribution in [-0.4, -0.2) is 40.2 Å². The molecule has 178 valence electrons. The molecule has 5 rings (SSSR count). The van der Waals surface area contributed by atoms with E-state index in [1.165, 1.54) is 12.1 Å². The fraction of sp³-hybridized carbons (Fsp3) is 0.320.